The maximum absolute atomic E-state index is 5.25. The van der Waals surface area contributed by atoms with E-state index in [9.17, 15) is 0 Å². The topological polar surface area (TPSA) is 9.23 Å². The van der Waals surface area contributed by atoms with E-state index in [1.807, 2.05) is 10.6 Å². The van der Waals surface area contributed by atoms with Gasteiger partial charge in [-0.15, -0.1) is 10.6 Å². The molecule has 0 unspecified atom stereocenters. The molecule has 0 heterocycles. The van der Waals surface area contributed by atoms with Crippen molar-refractivity contribution in [2.24, 2.45) is 5.92 Å². The molecule has 0 aliphatic rings. The van der Waals surface area contributed by atoms with Crippen LogP contribution in [0.5, 0.6) is 0 Å². The zero-order valence-corrected chi connectivity index (χ0v) is 9.56. The molecule has 0 N–H and O–H groups in total. The summed E-state index contributed by atoms with van der Waals surface area (Å²) in [6.07, 6.45) is 0. The lowest BCUT2D eigenvalue weighted by molar-refractivity contribution is 0.223. The highest BCUT2D eigenvalue weighted by Gasteiger charge is 1.86. The molecule has 0 fully saturated rings. The SMILES string of the molecule is CBSSCOCC#CC(C)C. The summed E-state index contributed by atoms with van der Waals surface area (Å²) in [5.41, 5.74) is 0. The molecule has 0 aromatic heterocycles. The average molecular weight is 202 g/mol. The first kappa shape index (κ1) is 12.3. The molecule has 0 aliphatic carbocycles. The van der Waals surface area contributed by atoms with Crippen molar-refractivity contribution < 1.29 is 4.74 Å². The third-order valence-corrected chi connectivity index (χ3v) is 3.06. The van der Waals surface area contributed by atoms with Gasteiger partial charge in [-0.05, 0) is 0 Å². The molecule has 0 atom stereocenters. The van der Waals surface area contributed by atoms with Gasteiger partial charge in [0.2, 0.25) is 6.56 Å². The molecule has 12 heavy (non-hydrogen) atoms. The summed E-state index contributed by atoms with van der Waals surface area (Å²) in [5.74, 6) is 7.20. The van der Waals surface area contributed by atoms with Crippen LogP contribution in [0.3, 0.4) is 0 Å². The Balaban J connectivity index is 3.07. The third kappa shape index (κ3) is 10.3. The van der Waals surface area contributed by atoms with E-state index in [0.29, 0.717) is 12.5 Å². The van der Waals surface area contributed by atoms with Crippen LogP contribution in [0.1, 0.15) is 13.8 Å². The molecule has 0 saturated heterocycles. The molecule has 1 nitrogen and oxygen atoms in total. The molecule has 0 amide bonds. The lowest BCUT2D eigenvalue weighted by Crippen LogP contribution is -1.90. The Kier molecular flexibility index (Phi) is 9.60. The third-order valence-electron chi connectivity index (χ3n) is 0.898. The van der Waals surface area contributed by atoms with Crippen LogP contribution in [-0.4, -0.2) is 19.1 Å². The Morgan fingerprint density at radius 2 is 2.25 bits per heavy atom. The van der Waals surface area contributed by atoms with Gasteiger partial charge in [-0.3, -0.25) is 0 Å². The van der Waals surface area contributed by atoms with Crippen molar-refractivity contribution in [1.82, 2.24) is 0 Å². The van der Waals surface area contributed by atoms with Crippen molar-refractivity contribution in [1.29, 1.82) is 0 Å². The minimum atomic E-state index is 0.450. The fraction of sp³-hybridized carbons (Fsp3) is 0.750. The van der Waals surface area contributed by atoms with Crippen molar-refractivity contribution in [3.8, 4) is 11.8 Å². The van der Waals surface area contributed by atoms with Gasteiger partial charge in [0.25, 0.3) is 0 Å². The molecule has 0 radical (unpaired) electrons. The Hall–Kier alpha value is 0.285. The first-order valence-corrected chi connectivity index (χ1v) is 6.56. The lowest BCUT2D eigenvalue weighted by Gasteiger charge is -1.96. The van der Waals surface area contributed by atoms with Crippen LogP contribution >= 0.6 is 21.4 Å². The summed E-state index contributed by atoms with van der Waals surface area (Å²) in [4.78, 5) is 0. The maximum Gasteiger partial charge on any atom is 0.203 e. The number of ether oxygens (including phenoxy) is 1. The van der Waals surface area contributed by atoms with E-state index in [4.69, 9.17) is 4.74 Å². The molecular formula is C8H15BOS2. The van der Waals surface area contributed by atoms with Crippen LogP contribution in [0.2, 0.25) is 6.82 Å². The van der Waals surface area contributed by atoms with Crippen molar-refractivity contribution >= 4 is 28.0 Å². The second kappa shape index (κ2) is 9.37. The number of hydrogen-bond donors (Lipinski definition) is 0. The monoisotopic (exact) mass is 202 g/mol. The van der Waals surface area contributed by atoms with Crippen LogP contribution in [0, 0.1) is 17.8 Å². The van der Waals surface area contributed by atoms with Crippen molar-refractivity contribution in [3.63, 3.8) is 0 Å². The molecule has 0 rings (SSSR count). The molecular weight excluding hydrogens is 187 g/mol. The average Bonchev–Trinajstić information content (AvgIpc) is 2.02. The zero-order valence-electron chi connectivity index (χ0n) is 7.92. The zero-order chi connectivity index (χ0) is 9.23. The van der Waals surface area contributed by atoms with Crippen molar-refractivity contribution in [2.45, 2.75) is 20.7 Å². The molecule has 0 aromatic rings. The second-order valence-electron chi connectivity index (χ2n) is 2.47. The van der Waals surface area contributed by atoms with Crippen molar-refractivity contribution in [3.05, 3.63) is 0 Å². The van der Waals surface area contributed by atoms with Crippen LogP contribution in [0.15, 0.2) is 0 Å². The Morgan fingerprint density at radius 3 is 2.83 bits per heavy atom. The Bertz CT molecular complexity index is 151. The Morgan fingerprint density at radius 1 is 1.50 bits per heavy atom. The maximum atomic E-state index is 5.25. The van der Waals surface area contributed by atoms with Gasteiger partial charge in [0.1, 0.15) is 12.5 Å². The van der Waals surface area contributed by atoms with E-state index in [-0.39, 0.29) is 0 Å². The van der Waals surface area contributed by atoms with Gasteiger partial charge in [-0.2, -0.15) is 0 Å². The Labute approximate surface area is 83.9 Å². The molecule has 0 saturated carbocycles. The normalized spacial score (nSPS) is 9.33. The van der Waals surface area contributed by atoms with Crippen LogP contribution in [0.25, 0.3) is 0 Å². The second-order valence-corrected chi connectivity index (χ2v) is 5.17. The summed E-state index contributed by atoms with van der Waals surface area (Å²) >= 11 is 0. The predicted octanol–water partition coefficient (Wildman–Crippen LogP) is 2.40. The largest absolute Gasteiger partial charge is 0.357 e. The molecule has 68 valence electrons. The summed E-state index contributed by atoms with van der Waals surface area (Å²) in [5, 5.41) is 0. The van der Waals surface area contributed by atoms with Gasteiger partial charge < -0.3 is 4.74 Å². The highest BCUT2D eigenvalue weighted by molar-refractivity contribution is 8.85. The summed E-state index contributed by atoms with van der Waals surface area (Å²) in [6, 6.07) is 0. The van der Waals surface area contributed by atoms with E-state index in [1.54, 1.807) is 10.8 Å². The number of rotatable bonds is 5. The van der Waals surface area contributed by atoms with Gasteiger partial charge in [0, 0.05) is 5.92 Å². The lowest BCUT2D eigenvalue weighted by atomic mass is 10.2. The highest BCUT2D eigenvalue weighted by atomic mass is 33.1. The van der Waals surface area contributed by atoms with Gasteiger partial charge in [0.15, 0.2) is 0 Å². The van der Waals surface area contributed by atoms with E-state index < -0.39 is 0 Å². The van der Waals surface area contributed by atoms with Gasteiger partial charge in [-0.25, -0.2) is 0 Å². The minimum absolute atomic E-state index is 0.450. The van der Waals surface area contributed by atoms with E-state index in [1.165, 1.54) is 0 Å². The van der Waals surface area contributed by atoms with Crippen LogP contribution in [-0.2, 0) is 4.74 Å². The first-order valence-electron chi connectivity index (χ1n) is 4.08. The first-order chi connectivity index (χ1) is 5.77. The van der Waals surface area contributed by atoms with E-state index in [2.05, 4.69) is 32.5 Å². The fourth-order valence-electron chi connectivity index (χ4n) is 0.490. The molecule has 0 bridgehead atoms. The molecule has 0 aromatic carbocycles. The highest BCUT2D eigenvalue weighted by Crippen LogP contribution is 2.18. The minimum Gasteiger partial charge on any atom is -0.357 e. The quantitative estimate of drug-likeness (QED) is 0.223. The predicted molar refractivity (Wildman–Crippen MR) is 61.6 cm³/mol. The van der Waals surface area contributed by atoms with E-state index >= 15 is 0 Å². The standard InChI is InChI=1S/C8H15BOS2/c1-8(2)5-4-6-10-7-11-12-9-3/h8-9H,6-7H2,1-3H3. The molecule has 4 heteroatoms. The summed E-state index contributed by atoms with van der Waals surface area (Å²) < 4.78 is 5.25. The van der Waals surface area contributed by atoms with Crippen LogP contribution in [0.4, 0.5) is 0 Å². The smallest absolute Gasteiger partial charge is 0.203 e. The van der Waals surface area contributed by atoms with Gasteiger partial charge in [-0.1, -0.05) is 43.3 Å². The van der Waals surface area contributed by atoms with Gasteiger partial charge in [0.05, 0.1) is 0 Å². The van der Waals surface area contributed by atoms with Crippen LogP contribution < -0.4 is 0 Å². The van der Waals surface area contributed by atoms with Gasteiger partial charge >= 0.3 is 0 Å². The molecule has 0 spiro atoms. The number of hydrogen-bond acceptors (Lipinski definition) is 3. The molecule has 0 aliphatic heterocycles. The summed E-state index contributed by atoms with van der Waals surface area (Å²) in [6.45, 7) is 7.99. The van der Waals surface area contributed by atoms with Crippen molar-refractivity contribution in [2.75, 3.05) is 12.5 Å². The summed E-state index contributed by atoms with van der Waals surface area (Å²) in [7, 11) is 3.55. The fourth-order valence-corrected chi connectivity index (χ4v) is 1.78. The van der Waals surface area contributed by atoms with E-state index in [0.717, 1.165) is 12.5 Å².